The van der Waals surface area contributed by atoms with Crippen molar-refractivity contribution in [1.29, 1.82) is 0 Å². The minimum absolute atomic E-state index is 0.0365. The zero-order valence-corrected chi connectivity index (χ0v) is 18.6. The number of aryl methyl sites for hydroxylation is 3. The van der Waals surface area contributed by atoms with Crippen LogP contribution >= 0.6 is 0 Å². The number of nitrogens with one attached hydrogen (secondary N) is 2. The fourth-order valence-electron chi connectivity index (χ4n) is 3.60. The molecule has 3 heterocycles. The summed E-state index contributed by atoms with van der Waals surface area (Å²) < 4.78 is 9.24. The van der Waals surface area contributed by atoms with Crippen LogP contribution in [0, 0.1) is 19.8 Å². The third-order valence-electron chi connectivity index (χ3n) is 5.54. The van der Waals surface area contributed by atoms with E-state index in [2.05, 4.69) is 25.8 Å². The third-order valence-corrected chi connectivity index (χ3v) is 5.54. The SMILES string of the molecule is Cc1cc(C(O)Nc2cc(Oc3ccc4nc(NC(=O)C5CC5)nn4c3)ccc2C)n(C)n1. The number of hydrogen-bond donors (Lipinski definition) is 3. The Bertz CT molecular complexity index is 1340. The van der Waals surface area contributed by atoms with Crippen LogP contribution in [0.5, 0.6) is 11.5 Å². The topological polar surface area (TPSA) is 119 Å². The van der Waals surface area contributed by atoms with Gasteiger partial charge in [0.1, 0.15) is 11.5 Å². The van der Waals surface area contributed by atoms with E-state index in [0.29, 0.717) is 22.8 Å². The predicted octanol–water partition coefficient (Wildman–Crippen LogP) is 3.32. The number of hydrogen-bond acceptors (Lipinski definition) is 7. The van der Waals surface area contributed by atoms with Gasteiger partial charge in [0.15, 0.2) is 11.9 Å². The van der Waals surface area contributed by atoms with Gasteiger partial charge in [0.05, 0.1) is 17.6 Å². The molecule has 10 nitrogen and oxygen atoms in total. The number of carbonyl (C=O) groups is 1. The summed E-state index contributed by atoms with van der Waals surface area (Å²) in [5.74, 6) is 1.49. The molecule has 3 N–H and O–H groups in total. The van der Waals surface area contributed by atoms with E-state index >= 15 is 0 Å². The van der Waals surface area contributed by atoms with Crippen LogP contribution in [-0.2, 0) is 11.8 Å². The lowest BCUT2D eigenvalue weighted by molar-refractivity contribution is -0.117. The van der Waals surface area contributed by atoms with Crippen molar-refractivity contribution in [2.24, 2.45) is 13.0 Å². The number of amides is 1. The molecule has 0 radical (unpaired) electrons. The minimum atomic E-state index is -0.916. The van der Waals surface area contributed by atoms with Crippen molar-refractivity contribution in [3.05, 3.63) is 59.5 Å². The molecule has 3 aromatic heterocycles. The van der Waals surface area contributed by atoms with Gasteiger partial charge in [-0.05, 0) is 56.5 Å². The summed E-state index contributed by atoms with van der Waals surface area (Å²) in [6.07, 6.45) is 2.63. The Balaban J connectivity index is 1.32. The number of pyridine rings is 1. The van der Waals surface area contributed by atoms with E-state index in [-0.39, 0.29) is 17.8 Å². The molecule has 5 rings (SSSR count). The first-order valence-corrected chi connectivity index (χ1v) is 10.8. The molecule has 4 aromatic rings. The van der Waals surface area contributed by atoms with E-state index in [1.807, 2.05) is 38.1 Å². The van der Waals surface area contributed by atoms with Gasteiger partial charge in [-0.2, -0.15) is 10.1 Å². The molecule has 1 aliphatic carbocycles. The molecule has 1 atom stereocenters. The fraction of sp³-hybridized carbons (Fsp3) is 0.304. The minimum Gasteiger partial charge on any atom is -0.456 e. The Morgan fingerprint density at radius 3 is 2.67 bits per heavy atom. The molecular formula is C23H25N7O3. The quantitative estimate of drug-likeness (QED) is 0.372. The number of aliphatic hydroxyl groups is 1. The zero-order valence-electron chi connectivity index (χ0n) is 18.6. The smallest absolute Gasteiger partial charge is 0.249 e. The number of fused-ring (bicyclic) bond motifs is 1. The highest BCUT2D eigenvalue weighted by molar-refractivity contribution is 5.92. The van der Waals surface area contributed by atoms with Crippen molar-refractivity contribution in [3.63, 3.8) is 0 Å². The maximum Gasteiger partial charge on any atom is 0.249 e. The summed E-state index contributed by atoms with van der Waals surface area (Å²) in [4.78, 5) is 16.3. The zero-order chi connectivity index (χ0) is 23.1. The van der Waals surface area contributed by atoms with Crippen molar-refractivity contribution < 1.29 is 14.6 Å². The summed E-state index contributed by atoms with van der Waals surface area (Å²) in [5.41, 5.74) is 3.81. The van der Waals surface area contributed by atoms with Crippen molar-refractivity contribution in [1.82, 2.24) is 24.4 Å². The Labute approximate surface area is 190 Å². The Morgan fingerprint density at radius 2 is 1.94 bits per heavy atom. The number of ether oxygens (including phenoxy) is 1. The summed E-state index contributed by atoms with van der Waals surface area (Å²) in [6.45, 7) is 3.83. The third kappa shape index (κ3) is 4.51. The number of aliphatic hydroxyl groups excluding tert-OH is 1. The van der Waals surface area contributed by atoms with Crippen LogP contribution in [0.25, 0.3) is 5.65 Å². The van der Waals surface area contributed by atoms with Crippen LogP contribution < -0.4 is 15.4 Å². The molecule has 0 saturated heterocycles. The molecule has 170 valence electrons. The summed E-state index contributed by atoms with van der Waals surface area (Å²) in [7, 11) is 1.79. The van der Waals surface area contributed by atoms with Crippen molar-refractivity contribution >= 4 is 23.2 Å². The first-order valence-electron chi connectivity index (χ1n) is 10.8. The highest BCUT2D eigenvalue weighted by Crippen LogP contribution is 2.31. The van der Waals surface area contributed by atoms with Gasteiger partial charge < -0.3 is 15.2 Å². The van der Waals surface area contributed by atoms with Crippen LogP contribution in [0.15, 0.2) is 42.6 Å². The Morgan fingerprint density at radius 1 is 1.15 bits per heavy atom. The standard InChI is InChI=1S/C23H25N7O3/c1-13-4-7-16(11-18(13)24-22(32)19-10-14(2)27-29(19)3)33-17-8-9-20-25-23(28-30(20)12-17)26-21(31)15-5-6-15/h4,7-12,15,22,24,32H,5-6H2,1-3H3,(H,26,28,31). The van der Waals surface area contributed by atoms with Crippen LogP contribution in [0.4, 0.5) is 11.6 Å². The lowest BCUT2D eigenvalue weighted by atomic mass is 10.2. The first kappa shape index (κ1) is 21.0. The van der Waals surface area contributed by atoms with Crippen molar-refractivity contribution in [2.45, 2.75) is 32.9 Å². The maximum atomic E-state index is 12.0. The molecule has 1 unspecified atom stereocenters. The van der Waals surface area contributed by atoms with E-state index in [4.69, 9.17) is 4.74 Å². The van der Waals surface area contributed by atoms with Crippen LogP contribution in [-0.4, -0.2) is 35.4 Å². The van der Waals surface area contributed by atoms with Gasteiger partial charge in [-0.15, -0.1) is 5.10 Å². The lowest BCUT2D eigenvalue weighted by Gasteiger charge is -2.17. The number of nitrogens with zero attached hydrogens (tertiary/aromatic N) is 5. The second-order valence-corrected chi connectivity index (χ2v) is 8.33. The van der Waals surface area contributed by atoms with Crippen molar-refractivity contribution in [3.8, 4) is 11.5 Å². The largest absolute Gasteiger partial charge is 0.456 e. The van der Waals surface area contributed by atoms with Gasteiger partial charge in [-0.3, -0.25) is 14.8 Å². The molecule has 33 heavy (non-hydrogen) atoms. The summed E-state index contributed by atoms with van der Waals surface area (Å²) >= 11 is 0. The van der Waals surface area contributed by atoms with Gasteiger partial charge in [0.2, 0.25) is 11.9 Å². The van der Waals surface area contributed by atoms with Crippen LogP contribution in [0.2, 0.25) is 0 Å². The number of aromatic nitrogens is 5. The van der Waals surface area contributed by atoms with E-state index in [1.54, 1.807) is 34.6 Å². The summed E-state index contributed by atoms with van der Waals surface area (Å²) in [6, 6.07) is 11.0. The molecule has 0 bridgehead atoms. The van der Waals surface area contributed by atoms with Crippen LogP contribution in [0.1, 0.15) is 36.0 Å². The monoisotopic (exact) mass is 447 g/mol. The van der Waals surface area contributed by atoms with Gasteiger partial charge >= 0.3 is 0 Å². The predicted molar refractivity (Wildman–Crippen MR) is 122 cm³/mol. The average Bonchev–Trinajstić information content (AvgIpc) is 3.46. The first-order chi connectivity index (χ1) is 15.9. The maximum absolute atomic E-state index is 12.0. The molecule has 10 heteroatoms. The number of anilines is 2. The second kappa shape index (κ2) is 8.21. The van der Waals surface area contributed by atoms with E-state index in [0.717, 1.165) is 29.8 Å². The second-order valence-electron chi connectivity index (χ2n) is 8.33. The molecule has 0 spiro atoms. The fourth-order valence-corrected chi connectivity index (χ4v) is 3.60. The highest BCUT2D eigenvalue weighted by Gasteiger charge is 2.30. The van der Waals surface area contributed by atoms with Gasteiger partial charge in [0.25, 0.3) is 0 Å². The Hall–Kier alpha value is -3.92. The molecule has 1 amide bonds. The van der Waals surface area contributed by atoms with Crippen LogP contribution in [0.3, 0.4) is 0 Å². The van der Waals surface area contributed by atoms with Gasteiger partial charge in [-0.1, -0.05) is 6.07 Å². The van der Waals surface area contributed by atoms with Gasteiger partial charge in [0, 0.05) is 24.7 Å². The lowest BCUT2D eigenvalue weighted by Crippen LogP contribution is -2.14. The highest BCUT2D eigenvalue weighted by atomic mass is 16.5. The Kier molecular flexibility index (Phi) is 5.21. The molecular weight excluding hydrogens is 422 g/mol. The van der Waals surface area contributed by atoms with Crippen molar-refractivity contribution in [2.75, 3.05) is 10.6 Å². The molecule has 1 saturated carbocycles. The molecule has 1 aliphatic rings. The number of benzene rings is 1. The number of rotatable bonds is 7. The molecule has 1 aromatic carbocycles. The molecule has 1 fully saturated rings. The van der Waals surface area contributed by atoms with E-state index < -0.39 is 6.23 Å². The van der Waals surface area contributed by atoms with Gasteiger partial charge in [-0.25, -0.2) is 4.52 Å². The van der Waals surface area contributed by atoms with E-state index in [9.17, 15) is 9.90 Å². The number of carbonyl (C=O) groups excluding carboxylic acids is 1. The average molecular weight is 447 g/mol. The normalized spacial score (nSPS) is 14.3. The summed E-state index contributed by atoms with van der Waals surface area (Å²) in [5, 5.41) is 25.1. The van der Waals surface area contributed by atoms with E-state index in [1.165, 1.54) is 0 Å². The molecule has 0 aliphatic heterocycles.